The summed E-state index contributed by atoms with van der Waals surface area (Å²) in [7, 11) is 1.66. The molecule has 5 heteroatoms. The van der Waals surface area contributed by atoms with E-state index in [9.17, 15) is 0 Å². The highest BCUT2D eigenvalue weighted by Crippen LogP contribution is 2.19. The molecule has 0 atom stereocenters. The molecule has 0 saturated carbocycles. The van der Waals surface area contributed by atoms with E-state index < -0.39 is 0 Å². The van der Waals surface area contributed by atoms with E-state index in [0.717, 1.165) is 35.8 Å². The van der Waals surface area contributed by atoms with E-state index in [-0.39, 0.29) is 0 Å². The molecule has 150 valence electrons. The molecule has 0 spiro atoms. The number of methoxy groups -OCH3 is 1. The van der Waals surface area contributed by atoms with Crippen LogP contribution in [0.25, 0.3) is 0 Å². The Hall–Kier alpha value is -3.05. The first-order valence-electron chi connectivity index (χ1n) is 9.63. The lowest BCUT2D eigenvalue weighted by Crippen LogP contribution is -2.34. The first-order chi connectivity index (χ1) is 14.2. The van der Waals surface area contributed by atoms with Crippen molar-refractivity contribution in [1.29, 1.82) is 0 Å². The van der Waals surface area contributed by atoms with Gasteiger partial charge in [-0.3, -0.25) is 0 Å². The molecule has 29 heavy (non-hydrogen) atoms. The van der Waals surface area contributed by atoms with Crippen molar-refractivity contribution in [1.82, 2.24) is 4.90 Å². The van der Waals surface area contributed by atoms with Crippen LogP contribution >= 0.6 is 12.2 Å². The molecule has 0 heterocycles. The molecule has 3 aromatic carbocycles. The Morgan fingerprint density at radius 3 is 2.34 bits per heavy atom. The van der Waals surface area contributed by atoms with Gasteiger partial charge in [0.25, 0.3) is 0 Å². The van der Waals surface area contributed by atoms with Crippen LogP contribution in [0.3, 0.4) is 0 Å². The van der Waals surface area contributed by atoms with Gasteiger partial charge in [-0.05, 0) is 54.5 Å². The summed E-state index contributed by atoms with van der Waals surface area (Å²) in [4.78, 5) is 2.12. The molecule has 0 aromatic heterocycles. The van der Waals surface area contributed by atoms with Gasteiger partial charge in [-0.1, -0.05) is 48.5 Å². The van der Waals surface area contributed by atoms with Crippen LogP contribution in [0.2, 0.25) is 0 Å². The quantitative estimate of drug-likeness (QED) is 0.500. The van der Waals surface area contributed by atoms with Gasteiger partial charge in [0.1, 0.15) is 18.1 Å². The Bertz CT molecular complexity index is 914. The Kier molecular flexibility index (Phi) is 7.47. The second-order valence-electron chi connectivity index (χ2n) is 6.59. The lowest BCUT2D eigenvalue weighted by atomic mass is 10.2. The van der Waals surface area contributed by atoms with Crippen LogP contribution in [-0.4, -0.2) is 23.7 Å². The number of anilines is 1. The zero-order valence-electron chi connectivity index (χ0n) is 16.8. The summed E-state index contributed by atoms with van der Waals surface area (Å²) in [6.45, 7) is 4.19. The largest absolute Gasteiger partial charge is 0.497 e. The van der Waals surface area contributed by atoms with Crippen molar-refractivity contribution in [3.8, 4) is 11.5 Å². The maximum atomic E-state index is 5.86. The number of thiocarbonyl (C=S) groups is 1. The van der Waals surface area contributed by atoms with E-state index >= 15 is 0 Å². The van der Waals surface area contributed by atoms with Crippen LogP contribution < -0.4 is 14.8 Å². The van der Waals surface area contributed by atoms with Crippen LogP contribution in [0.15, 0.2) is 78.9 Å². The van der Waals surface area contributed by atoms with E-state index in [1.165, 1.54) is 5.56 Å². The number of nitrogens with one attached hydrogen (secondary N) is 1. The number of hydrogen-bond acceptors (Lipinski definition) is 3. The number of hydrogen-bond donors (Lipinski definition) is 1. The molecule has 3 rings (SSSR count). The van der Waals surface area contributed by atoms with Crippen molar-refractivity contribution in [2.75, 3.05) is 19.0 Å². The molecule has 0 aliphatic heterocycles. The van der Waals surface area contributed by atoms with Gasteiger partial charge in [-0.2, -0.15) is 0 Å². The third-order valence-corrected chi connectivity index (χ3v) is 4.90. The van der Waals surface area contributed by atoms with Gasteiger partial charge < -0.3 is 19.7 Å². The monoisotopic (exact) mass is 406 g/mol. The normalized spacial score (nSPS) is 10.3. The molecular formula is C24H26N2O2S. The molecular weight excluding hydrogens is 380 g/mol. The van der Waals surface area contributed by atoms with Crippen molar-refractivity contribution >= 4 is 23.0 Å². The first-order valence-corrected chi connectivity index (χ1v) is 10.0. The number of nitrogens with zero attached hydrogens (tertiary/aromatic N) is 1. The first kappa shape index (κ1) is 20.7. The van der Waals surface area contributed by atoms with E-state index in [1.54, 1.807) is 7.11 Å². The van der Waals surface area contributed by atoms with Gasteiger partial charge in [-0.25, -0.2) is 0 Å². The van der Waals surface area contributed by atoms with Crippen LogP contribution in [0.5, 0.6) is 11.5 Å². The number of rotatable bonds is 8. The highest BCUT2D eigenvalue weighted by atomic mass is 32.1. The molecule has 0 fully saturated rings. The summed E-state index contributed by atoms with van der Waals surface area (Å²) in [6, 6.07) is 26.1. The second kappa shape index (κ2) is 10.5. The van der Waals surface area contributed by atoms with Crippen molar-refractivity contribution < 1.29 is 9.47 Å². The average molecular weight is 407 g/mol. The third kappa shape index (κ3) is 6.22. The zero-order chi connectivity index (χ0) is 20.5. The van der Waals surface area contributed by atoms with Crippen LogP contribution in [-0.2, 0) is 13.2 Å². The minimum atomic E-state index is 0.565. The predicted molar refractivity (Wildman–Crippen MR) is 123 cm³/mol. The highest BCUT2D eigenvalue weighted by Gasteiger charge is 2.09. The van der Waals surface area contributed by atoms with Crippen LogP contribution in [0, 0.1) is 0 Å². The molecule has 0 aliphatic carbocycles. The molecule has 0 saturated heterocycles. The topological polar surface area (TPSA) is 33.7 Å². The lowest BCUT2D eigenvalue weighted by molar-refractivity contribution is 0.306. The summed E-state index contributed by atoms with van der Waals surface area (Å²) in [5, 5.41) is 3.98. The maximum absolute atomic E-state index is 5.86. The fourth-order valence-electron chi connectivity index (χ4n) is 2.88. The van der Waals surface area contributed by atoms with Gasteiger partial charge >= 0.3 is 0 Å². The fourth-order valence-corrected chi connectivity index (χ4v) is 3.19. The van der Waals surface area contributed by atoms with Crippen molar-refractivity contribution in [3.05, 3.63) is 90.0 Å². The Morgan fingerprint density at radius 2 is 1.66 bits per heavy atom. The van der Waals surface area contributed by atoms with Gasteiger partial charge in [-0.15, -0.1) is 0 Å². The Labute approximate surface area is 178 Å². The summed E-state index contributed by atoms with van der Waals surface area (Å²) in [5.74, 6) is 1.66. The average Bonchev–Trinajstić information content (AvgIpc) is 2.77. The minimum absolute atomic E-state index is 0.565. The van der Waals surface area contributed by atoms with Gasteiger partial charge in [0.15, 0.2) is 5.11 Å². The molecule has 0 bridgehead atoms. The SMILES string of the molecule is CCN(Cc1ccc(OCc2ccccc2)cc1)C(=S)Nc1cccc(OC)c1. The highest BCUT2D eigenvalue weighted by molar-refractivity contribution is 7.80. The van der Waals surface area contributed by atoms with E-state index in [4.69, 9.17) is 21.7 Å². The van der Waals surface area contributed by atoms with Crippen molar-refractivity contribution in [2.24, 2.45) is 0 Å². The fraction of sp³-hybridized carbons (Fsp3) is 0.208. The molecule has 0 radical (unpaired) electrons. The smallest absolute Gasteiger partial charge is 0.173 e. The van der Waals surface area contributed by atoms with Crippen LogP contribution in [0.1, 0.15) is 18.1 Å². The standard InChI is InChI=1S/C24H26N2O2S/c1-3-26(24(29)25-21-10-7-11-23(16-21)27-2)17-19-12-14-22(15-13-19)28-18-20-8-5-4-6-9-20/h4-16H,3,17-18H2,1-2H3,(H,25,29). The van der Waals surface area contributed by atoms with Gasteiger partial charge in [0, 0.05) is 24.8 Å². The second-order valence-corrected chi connectivity index (χ2v) is 6.98. The summed E-state index contributed by atoms with van der Waals surface area (Å²) >= 11 is 5.61. The summed E-state index contributed by atoms with van der Waals surface area (Å²) in [5.41, 5.74) is 3.24. The minimum Gasteiger partial charge on any atom is -0.497 e. The molecule has 0 unspecified atom stereocenters. The maximum Gasteiger partial charge on any atom is 0.173 e. The molecule has 0 aliphatic rings. The zero-order valence-corrected chi connectivity index (χ0v) is 17.6. The Morgan fingerprint density at radius 1 is 0.897 bits per heavy atom. The summed E-state index contributed by atoms with van der Waals surface area (Å²) < 4.78 is 11.1. The van der Waals surface area contributed by atoms with Crippen molar-refractivity contribution in [3.63, 3.8) is 0 Å². The third-order valence-electron chi connectivity index (χ3n) is 4.54. The predicted octanol–water partition coefficient (Wildman–Crippen LogP) is 5.49. The lowest BCUT2D eigenvalue weighted by Gasteiger charge is -2.24. The van der Waals surface area contributed by atoms with Crippen LogP contribution in [0.4, 0.5) is 5.69 Å². The van der Waals surface area contributed by atoms with Gasteiger partial charge in [0.2, 0.25) is 0 Å². The van der Waals surface area contributed by atoms with Gasteiger partial charge in [0.05, 0.1) is 7.11 Å². The molecule has 3 aromatic rings. The molecule has 4 nitrogen and oxygen atoms in total. The molecule has 1 N–H and O–H groups in total. The summed E-state index contributed by atoms with van der Waals surface area (Å²) in [6.07, 6.45) is 0. The number of benzene rings is 3. The number of ether oxygens (including phenoxy) is 2. The Balaban J connectivity index is 1.56. The van der Waals surface area contributed by atoms with Crippen molar-refractivity contribution in [2.45, 2.75) is 20.1 Å². The molecule has 0 amide bonds. The van der Waals surface area contributed by atoms with E-state index in [0.29, 0.717) is 11.7 Å². The van der Waals surface area contributed by atoms with E-state index in [2.05, 4.69) is 41.4 Å². The van der Waals surface area contributed by atoms with E-state index in [1.807, 2.05) is 54.6 Å².